The summed E-state index contributed by atoms with van der Waals surface area (Å²) in [6.45, 7) is 31.2. The topological polar surface area (TPSA) is 59.7 Å². The molecular formula is C43H74N4O. The summed E-state index contributed by atoms with van der Waals surface area (Å²) in [5.41, 5.74) is 6.98. The van der Waals surface area contributed by atoms with E-state index in [1.807, 2.05) is 49.3 Å². The summed E-state index contributed by atoms with van der Waals surface area (Å²) in [6, 6.07) is 2.18. The van der Waals surface area contributed by atoms with Crippen molar-refractivity contribution in [3.05, 3.63) is 70.6 Å². The standard InChI is InChI=1S/C24H41N3O.C13H19N.C6H14/c1-9-12-13-25-20(7)23(22(11-3)19(6)10-2)21(8)26-14-16-27(17-15-26)24(28)18(4)5;1-4-6-7-9-13(11-14)10-12(3)8-5-2;1-3-5-6-4-2/h11-13,18-19H,9-10,14-17H2,1-8H3;6-7,9-10H,4-5,8H2,1-3H3;3-6H2,1-2H3/b13-12+,22-11-,23-21-,25-20+;7-6+,12-10+,13-9+;/t19-;;/m1../s1. The highest BCUT2D eigenvalue weighted by Gasteiger charge is 2.25. The van der Waals surface area contributed by atoms with Crippen molar-refractivity contribution >= 4 is 11.6 Å². The SMILES string of the molecule is CC/C=C/C=C(C#N)\C=C(/C)CCC.CCCCCC.C\C=C(C(/C(C)=N/C=C/CC)=C(/C)N1CCN(C(=O)C(C)C)CC1)\[C@H](C)CC. The highest BCUT2D eigenvalue weighted by atomic mass is 16.2. The zero-order chi connectivity index (χ0) is 36.9. The smallest absolute Gasteiger partial charge is 0.225 e. The van der Waals surface area contributed by atoms with Crippen LogP contribution in [0.25, 0.3) is 0 Å². The van der Waals surface area contributed by atoms with E-state index in [1.54, 1.807) is 0 Å². The van der Waals surface area contributed by atoms with Crippen LogP contribution in [-0.2, 0) is 4.79 Å². The molecule has 1 aliphatic heterocycles. The molecule has 0 radical (unpaired) electrons. The lowest BCUT2D eigenvalue weighted by Gasteiger charge is -2.38. The number of nitriles is 1. The minimum Gasteiger partial charge on any atom is -0.371 e. The lowest BCUT2D eigenvalue weighted by atomic mass is 9.87. The summed E-state index contributed by atoms with van der Waals surface area (Å²) < 4.78 is 0. The van der Waals surface area contributed by atoms with Gasteiger partial charge in [0.2, 0.25) is 5.91 Å². The molecule has 1 heterocycles. The van der Waals surface area contributed by atoms with E-state index in [4.69, 9.17) is 10.3 Å². The molecule has 0 saturated carbocycles. The van der Waals surface area contributed by atoms with Crippen LogP contribution in [0.5, 0.6) is 0 Å². The summed E-state index contributed by atoms with van der Waals surface area (Å²) in [5.74, 6) is 0.815. The zero-order valence-electron chi connectivity index (χ0n) is 33.6. The first-order valence-electron chi connectivity index (χ1n) is 19.0. The van der Waals surface area contributed by atoms with Gasteiger partial charge in [0.1, 0.15) is 0 Å². The van der Waals surface area contributed by atoms with Crippen molar-refractivity contribution in [2.24, 2.45) is 16.8 Å². The van der Waals surface area contributed by atoms with E-state index in [-0.39, 0.29) is 11.8 Å². The van der Waals surface area contributed by atoms with E-state index in [0.717, 1.165) is 69.6 Å². The van der Waals surface area contributed by atoms with Crippen LogP contribution < -0.4 is 0 Å². The Balaban J connectivity index is 0. The Bertz CT molecular complexity index is 1130. The van der Waals surface area contributed by atoms with Crippen LogP contribution in [0.4, 0.5) is 0 Å². The van der Waals surface area contributed by atoms with E-state index in [9.17, 15) is 4.79 Å². The normalized spacial score (nSPS) is 15.9. The van der Waals surface area contributed by atoms with E-state index < -0.39 is 0 Å². The molecule has 272 valence electrons. The van der Waals surface area contributed by atoms with Crippen LogP contribution in [0.1, 0.15) is 148 Å². The average Bonchev–Trinajstić information content (AvgIpc) is 3.09. The molecule has 1 fully saturated rings. The van der Waals surface area contributed by atoms with Crippen molar-refractivity contribution in [2.45, 2.75) is 148 Å². The number of rotatable bonds is 16. The van der Waals surface area contributed by atoms with Crippen molar-refractivity contribution in [1.82, 2.24) is 9.80 Å². The molecule has 1 atom stereocenters. The van der Waals surface area contributed by atoms with Crippen molar-refractivity contribution < 1.29 is 4.79 Å². The molecule has 1 saturated heterocycles. The molecule has 5 heteroatoms. The molecule has 0 unspecified atom stereocenters. The third kappa shape index (κ3) is 20.3. The number of amides is 1. The fourth-order valence-corrected chi connectivity index (χ4v) is 5.35. The fraction of sp³-hybridized carbons (Fsp3) is 0.651. The second kappa shape index (κ2) is 30.0. The molecule has 0 N–H and O–H groups in total. The lowest BCUT2D eigenvalue weighted by Crippen LogP contribution is -2.49. The first-order valence-corrected chi connectivity index (χ1v) is 19.0. The van der Waals surface area contributed by atoms with Gasteiger partial charge in [0.25, 0.3) is 0 Å². The fourth-order valence-electron chi connectivity index (χ4n) is 5.35. The first kappa shape index (κ1) is 47.0. The van der Waals surface area contributed by atoms with Gasteiger partial charge in [0.15, 0.2) is 0 Å². The largest absolute Gasteiger partial charge is 0.371 e. The number of hydrogen-bond donors (Lipinski definition) is 0. The highest BCUT2D eigenvalue weighted by Crippen LogP contribution is 2.28. The summed E-state index contributed by atoms with van der Waals surface area (Å²) in [5, 5.41) is 8.85. The van der Waals surface area contributed by atoms with E-state index in [0.29, 0.717) is 5.92 Å². The molecule has 0 aromatic carbocycles. The number of carbonyl (C=O) groups is 1. The summed E-state index contributed by atoms with van der Waals surface area (Å²) in [6.07, 6.45) is 24.9. The summed E-state index contributed by atoms with van der Waals surface area (Å²) in [7, 11) is 0. The van der Waals surface area contributed by atoms with Gasteiger partial charge in [-0.1, -0.05) is 124 Å². The van der Waals surface area contributed by atoms with Gasteiger partial charge in [0.05, 0.1) is 11.6 Å². The number of unbranched alkanes of at least 4 members (excludes halogenated alkanes) is 3. The maximum Gasteiger partial charge on any atom is 0.225 e. The molecule has 0 aromatic heterocycles. The third-order valence-electron chi connectivity index (χ3n) is 8.42. The van der Waals surface area contributed by atoms with Gasteiger partial charge < -0.3 is 9.80 Å². The number of allylic oxidation sites excluding steroid dienone is 11. The molecule has 0 aromatic rings. The predicted octanol–water partition coefficient (Wildman–Crippen LogP) is 12.2. The average molecular weight is 663 g/mol. The van der Waals surface area contributed by atoms with Crippen LogP contribution in [0.3, 0.4) is 0 Å². The van der Waals surface area contributed by atoms with Gasteiger partial charge in [-0.2, -0.15) is 5.26 Å². The van der Waals surface area contributed by atoms with Gasteiger partial charge in [-0.05, 0) is 77.0 Å². The first-order chi connectivity index (χ1) is 22.9. The Kier molecular flexibility index (Phi) is 29.3. The monoisotopic (exact) mass is 663 g/mol. The Morgan fingerprint density at radius 2 is 1.42 bits per heavy atom. The Hall–Kier alpha value is -3.13. The van der Waals surface area contributed by atoms with E-state index in [1.165, 1.54) is 48.1 Å². The van der Waals surface area contributed by atoms with Crippen molar-refractivity contribution in [3.8, 4) is 6.07 Å². The molecule has 1 amide bonds. The van der Waals surface area contributed by atoms with Crippen LogP contribution >= 0.6 is 0 Å². The zero-order valence-corrected chi connectivity index (χ0v) is 33.6. The van der Waals surface area contributed by atoms with Crippen molar-refractivity contribution in [2.75, 3.05) is 26.2 Å². The molecule has 5 nitrogen and oxygen atoms in total. The minimum atomic E-state index is 0.0681. The van der Waals surface area contributed by atoms with Gasteiger partial charge in [0, 0.05) is 55.3 Å². The molecule has 0 bridgehead atoms. The van der Waals surface area contributed by atoms with Crippen LogP contribution in [0.15, 0.2) is 75.6 Å². The number of carbonyl (C=O) groups excluding carboxylic acids is 1. The maximum absolute atomic E-state index is 12.3. The van der Waals surface area contributed by atoms with Crippen molar-refractivity contribution in [3.63, 3.8) is 0 Å². The van der Waals surface area contributed by atoms with Gasteiger partial charge in [-0.15, -0.1) is 0 Å². The quantitative estimate of drug-likeness (QED) is 0.0715. The van der Waals surface area contributed by atoms with Crippen LogP contribution in [0, 0.1) is 23.2 Å². The van der Waals surface area contributed by atoms with E-state index >= 15 is 0 Å². The molecular weight excluding hydrogens is 589 g/mol. The van der Waals surface area contributed by atoms with E-state index in [2.05, 4.69) is 99.3 Å². The van der Waals surface area contributed by atoms with Gasteiger partial charge >= 0.3 is 0 Å². The molecule has 1 rings (SSSR count). The summed E-state index contributed by atoms with van der Waals surface area (Å²) >= 11 is 0. The molecule has 0 aliphatic carbocycles. The molecule has 0 spiro atoms. The second-order valence-electron chi connectivity index (χ2n) is 13.0. The number of hydrogen-bond acceptors (Lipinski definition) is 4. The maximum atomic E-state index is 12.3. The Labute approximate surface area is 298 Å². The Morgan fingerprint density at radius 1 is 0.854 bits per heavy atom. The van der Waals surface area contributed by atoms with Gasteiger partial charge in [-0.25, -0.2) is 0 Å². The van der Waals surface area contributed by atoms with Crippen molar-refractivity contribution in [1.29, 1.82) is 5.26 Å². The number of nitrogens with zero attached hydrogens (tertiary/aromatic N) is 4. The third-order valence-corrected chi connectivity index (χ3v) is 8.42. The lowest BCUT2D eigenvalue weighted by molar-refractivity contribution is -0.135. The van der Waals surface area contributed by atoms with Crippen LogP contribution in [0.2, 0.25) is 0 Å². The highest BCUT2D eigenvalue weighted by molar-refractivity contribution is 6.03. The Morgan fingerprint density at radius 3 is 1.85 bits per heavy atom. The predicted molar refractivity (Wildman–Crippen MR) is 213 cm³/mol. The second-order valence-corrected chi connectivity index (χ2v) is 13.0. The number of aliphatic imine (C=N–C) groups is 1. The molecule has 48 heavy (non-hydrogen) atoms. The minimum absolute atomic E-state index is 0.0681. The van der Waals surface area contributed by atoms with Crippen LogP contribution in [-0.4, -0.2) is 47.6 Å². The van der Waals surface area contributed by atoms with Gasteiger partial charge in [-0.3, -0.25) is 9.79 Å². The summed E-state index contributed by atoms with van der Waals surface area (Å²) in [4.78, 5) is 21.5. The molecule has 1 aliphatic rings. The number of piperazine rings is 1.